The summed E-state index contributed by atoms with van der Waals surface area (Å²) < 4.78 is 0. The summed E-state index contributed by atoms with van der Waals surface area (Å²) in [5.41, 5.74) is 2.35. The van der Waals surface area contributed by atoms with Gasteiger partial charge in [-0.15, -0.1) is 0 Å². The van der Waals surface area contributed by atoms with Gasteiger partial charge in [-0.1, -0.05) is 35.3 Å². The van der Waals surface area contributed by atoms with E-state index in [4.69, 9.17) is 23.2 Å². The number of amides is 2. The van der Waals surface area contributed by atoms with Crippen molar-refractivity contribution in [3.8, 4) is 11.1 Å². The van der Waals surface area contributed by atoms with Gasteiger partial charge in [0.05, 0.1) is 16.1 Å². The molecule has 0 radical (unpaired) electrons. The molecule has 0 saturated carbocycles. The van der Waals surface area contributed by atoms with E-state index >= 15 is 0 Å². The predicted molar refractivity (Wildman–Crippen MR) is 142 cm³/mol. The number of piperidine rings is 1. The quantitative estimate of drug-likeness (QED) is 0.643. The van der Waals surface area contributed by atoms with E-state index < -0.39 is 0 Å². The normalized spacial score (nSPS) is 19.0. The lowest BCUT2D eigenvalue weighted by Gasteiger charge is -2.35. The molecule has 1 aromatic carbocycles. The standard InChI is InChI=1S/C25H35Cl2N7O/c1-17(30-25(35)33(4)19-7-9-31(2)10-8-19)20-5-6-21(23(27)22(20)26)18-15-28-24(29-16-18)34-13-11-32(3)12-14-34/h5-6,15-17,19H,7-14H2,1-4H3,(H,30,35). The van der Waals surface area contributed by atoms with Gasteiger partial charge in [0.2, 0.25) is 5.95 Å². The van der Waals surface area contributed by atoms with Gasteiger partial charge < -0.3 is 24.9 Å². The van der Waals surface area contributed by atoms with E-state index in [1.165, 1.54) is 0 Å². The lowest BCUT2D eigenvalue weighted by Crippen LogP contribution is -2.48. The van der Waals surface area contributed by atoms with E-state index in [0.717, 1.165) is 74.7 Å². The average Bonchev–Trinajstić information content (AvgIpc) is 2.86. The first-order valence-corrected chi connectivity index (χ1v) is 13.0. The number of carbonyl (C=O) groups is 1. The summed E-state index contributed by atoms with van der Waals surface area (Å²) in [7, 11) is 6.10. The van der Waals surface area contributed by atoms with Crippen LogP contribution in [0.2, 0.25) is 10.0 Å². The van der Waals surface area contributed by atoms with Crippen molar-refractivity contribution in [2.75, 3.05) is 65.3 Å². The maximum absolute atomic E-state index is 12.9. The second-order valence-corrected chi connectivity index (χ2v) is 10.5. The third-order valence-corrected chi connectivity index (χ3v) is 8.11. The van der Waals surface area contributed by atoms with Crippen LogP contribution in [0.5, 0.6) is 0 Å². The second kappa shape index (κ2) is 11.3. The molecule has 2 saturated heterocycles. The molecule has 1 N–H and O–H groups in total. The monoisotopic (exact) mass is 519 g/mol. The SMILES string of the molecule is CC(NC(=O)N(C)C1CCN(C)CC1)c1ccc(-c2cnc(N3CCN(C)CC3)nc2)c(Cl)c1Cl. The number of halogens is 2. The first-order chi connectivity index (χ1) is 16.7. The van der Waals surface area contributed by atoms with Crippen LogP contribution < -0.4 is 10.2 Å². The number of hydrogen-bond acceptors (Lipinski definition) is 6. The van der Waals surface area contributed by atoms with E-state index in [-0.39, 0.29) is 18.1 Å². The van der Waals surface area contributed by atoms with Gasteiger partial charge in [-0.3, -0.25) is 0 Å². The average molecular weight is 521 g/mol. The highest BCUT2D eigenvalue weighted by Gasteiger charge is 2.26. The number of benzene rings is 1. The zero-order chi connectivity index (χ0) is 25.1. The minimum atomic E-state index is -0.286. The molecule has 2 aliphatic rings. The molecule has 2 amide bonds. The van der Waals surface area contributed by atoms with Gasteiger partial charge >= 0.3 is 6.03 Å². The summed E-state index contributed by atoms with van der Waals surface area (Å²) in [4.78, 5) is 30.6. The molecular formula is C25H35Cl2N7O. The van der Waals surface area contributed by atoms with Crippen LogP contribution in [-0.4, -0.2) is 97.2 Å². The van der Waals surface area contributed by atoms with Crippen LogP contribution >= 0.6 is 23.2 Å². The molecule has 0 spiro atoms. The highest BCUT2D eigenvalue weighted by molar-refractivity contribution is 6.44. The number of likely N-dealkylation sites (N-methyl/N-ethyl adjacent to an activating group) is 1. The molecule has 2 aliphatic heterocycles. The fourth-order valence-corrected chi connectivity index (χ4v) is 5.27. The van der Waals surface area contributed by atoms with Crippen LogP contribution in [0, 0.1) is 0 Å². The first-order valence-electron chi connectivity index (χ1n) is 12.2. The van der Waals surface area contributed by atoms with Gasteiger partial charge in [0.25, 0.3) is 0 Å². The van der Waals surface area contributed by atoms with Crippen LogP contribution in [0.4, 0.5) is 10.7 Å². The molecule has 0 bridgehead atoms. The summed E-state index contributed by atoms with van der Waals surface area (Å²) in [6.45, 7) is 7.74. The highest BCUT2D eigenvalue weighted by atomic mass is 35.5. The number of rotatable bonds is 5. The van der Waals surface area contributed by atoms with Crippen molar-refractivity contribution in [3.05, 3.63) is 40.1 Å². The van der Waals surface area contributed by atoms with E-state index in [2.05, 4.69) is 44.1 Å². The Balaban J connectivity index is 1.43. The number of aromatic nitrogens is 2. The number of urea groups is 1. The summed E-state index contributed by atoms with van der Waals surface area (Å²) in [5.74, 6) is 0.728. The molecule has 190 valence electrons. The van der Waals surface area contributed by atoms with Crippen molar-refractivity contribution in [1.29, 1.82) is 0 Å². The number of carbonyl (C=O) groups excluding carboxylic acids is 1. The van der Waals surface area contributed by atoms with Gasteiger partial charge in [-0.05, 0) is 52.5 Å². The van der Waals surface area contributed by atoms with Gasteiger partial charge in [0.1, 0.15) is 0 Å². The topological polar surface area (TPSA) is 67.8 Å². The molecule has 2 fully saturated rings. The first kappa shape index (κ1) is 25.9. The Hall–Kier alpha value is -2.13. The maximum atomic E-state index is 12.9. The molecule has 10 heteroatoms. The number of anilines is 1. The highest BCUT2D eigenvalue weighted by Crippen LogP contribution is 2.38. The second-order valence-electron chi connectivity index (χ2n) is 9.71. The van der Waals surface area contributed by atoms with Crippen molar-refractivity contribution < 1.29 is 4.79 Å². The van der Waals surface area contributed by atoms with Crippen molar-refractivity contribution in [2.45, 2.75) is 31.8 Å². The van der Waals surface area contributed by atoms with Crippen LogP contribution in [-0.2, 0) is 0 Å². The summed E-state index contributed by atoms with van der Waals surface area (Å²) in [6.07, 6.45) is 5.54. The van der Waals surface area contributed by atoms with Crippen LogP contribution in [0.15, 0.2) is 24.5 Å². The van der Waals surface area contributed by atoms with Crippen molar-refractivity contribution in [2.24, 2.45) is 0 Å². The van der Waals surface area contributed by atoms with Crippen LogP contribution in [0.3, 0.4) is 0 Å². The Labute approximate surface area is 218 Å². The number of likely N-dealkylation sites (tertiary alicyclic amines) is 1. The van der Waals surface area contributed by atoms with Crippen molar-refractivity contribution in [1.82, 2.24) is 30.0 Å². The van der Waals surface area contributed by atoms with Crippen LogP contribution in [0.1, 0.15) is 31.4 Å². The third-order valence-electron chi connectivity index (χ3n) is 7.21. The van der Waals surface area contributed by atoms with Crippen molar-refractivity contribution in [3.63, 3.8) is 0 Å². The van der Waals surface area contributed by atoms with E-state index in [1.54, 1.807) is 12.4 Å². The van der Waals surface area contributed by atoms with Crippen molar-refractivity contribution >= 4 is 35.2 Å². The summed E-state index contributed by atoms with van der Waals surface area (Å²) in [5, 5.41) is 3.94. The Morgan fingerprint density at radius 2 is 1.60 bits per heavy atom. The fraction of sp³-hybridized carbons (Fsp3) is 0.560. The number of nitrogens with one attached hydrogen (secondary N) is 1. The maximum Gasteiger partial charge on any atom is 0.317 e. The molecule has 4 rings (SSSR count). The summed E-state index contributed by atoms with van der Waals surface area (Å²) in [6, 6.07) is 3.69. The van der Waals surface area contributed by atoms with E-state index in [1.807, 2.05) is 31.0 Å². The Morgan fingerprint density at radius 3 is 2.23 bits per heavy atom. The smallest absolute Gasteiger partial charge is 0.317 e. The number of piperazine rings is 1. The Kier molecular flexibility index (Phi) is 8.37. The van der Waals surface area contributed by atoms with Gasteiger partial charge in [-0.2, -0.15) is 0 Å². The molecule has 8 nitrogen and oxygen atoms in total. The molecule has 1 unspecified atom stereocenters. The van der Waals surface area contributed by atoms with Gasteiger partial charge in [0, 0.05) is 62.8 Å². The lowest BCUT2D eigenvalue weighted by molar-refractivity contribution is 0.146. The third kappa shape index (κ3) is 6.00. The van der Waals surface area contributed by atoms with E-state index in [0.29, 0.717) is 10.0 Å². The largest absolute Gasteiger partial charge is 0.338 e. The minimum absolute atomic E-state index is 0.101. The zero-order valence-corrected chi connectivity index (χ0v) is 22.5. The lowest BCUT2D eigenvalue weighted by atomic mass is 10.0. The van der Waals surface area contributed by atoms with Gasteiger partial charge in [-0.25, -0.2) is 14.8 Å². The zero-order valence-electron chi connectivity index (χ0n) is 21.0. The summed E-state index contributed by atoms with van der Waals surface area (Å²) >= 11 is 13.4. The molecule has 2 aromatic rings. The molecule has 0 aliphatic carbocycles. The molecule has 35 heavy (non-hydrogen) atoms. The fourth-order valence-electron chi connectivity index (χ4n) is 4.66. The molecule has 1 atom stereocenters. The molecule has 3 heterocycles. The Bertz CT molecular complexity index is 1020. The van der Waals surface area contributed by atoms with Crippen LogP contribution in [0.25, 0.3) is 11.1 Å². The predicted octanol–water partition coefficient (Wildman–Crippen LogP) is 4.00. The number of hydrogen-bond donors (Lipinski definition) is 1. The van der Waals surface area contributed by atoms with Gasteiger partial charge in [0.15, 0.2) is 0 Å². The molecular weight excluding hydrogens is 485 g/mol. The van der Waals surface area contributed by atoms with E-state index in [9.17, 15) is 4.79 Å². The Morgan fingerprint density at radius 1 is 1.00 bits per heavy atom. The molecule has 1 aromatic heterocycles. The minimum Gasteiger partial charge on any atom is -0.338 e. The number of nitrogens with zero attached hydrogens (tertiary/aromatic N) is 6.